The van der Waals surface area contributed by atoms with Gasteiger partial charge in [0.1, 0.15) is 0 Å². The highest BCUT2D eigenvalue weighted by atomic mass is 32.2. The molecule has 0 aliphatic rings. The van der Waals surface area contributed by atoms with E-state index in [0.717, 1.165) is 5.75 Å². The summed E-state index contributed by atoms with van der Waals surface area (Å²) in [5.74, 6) is 1.22. The number of hydrogen-bond donors (Lipinski definition) is 0. The lowest BCUT2D eigenvalue weighted by molar-refractivity contribution is -0.138. The van der Waals surface area contributed by atoms with Gasteiger partial charge in [-0.25, -0.2) is 4.79 Å². The zero-order valence-electron chi connectivity index (χ0n) is 11.3. The van der Waals surface area contributed by atoms with Gasteiger partial charge in [-0.05, 0) is 26.3 Å². The molecular formula is C15H20O2S. The van der Waals surface area contributed by atoms with Crippen LogP contribution in [0, 0.1) is 13.8 Å². The summed E-state index contributed by atoms with van der Waals surface area (Å²) in [6.07, 6.45) is 0. The lowest BCUT2D eigenvalue weighted by Gasteiger charge is -2.07. The first kappa shape index (κ1) is 14.8. The van der Waals surface area contributed by atoms with Gasteiger partial charge in [0.15, 0.2) is 0 Å². The quantitative estimate of drug-likeness (QED) is 0.579. The first-order valence-corrected chi connectivity index (χ1v) is 7.18. The summed E-state index contributed by atoms with van der Waals surface area (Å²) in [6.45, 7) is 10.1. The van der Waals surface area contributed by atoms with E-state index in [1.807, 2.05) is 0 Å². The van der Waals surface area contributed by atoms with Crippen LogP contribution in [0.1, 0.15) is 23.6 Å². The van der Waals surface area contributed by atoms with Gasteiger partial charge < -0.3 is 4.74 Å². The van der Waals surface area contributed by atoms with Gasteiger partial charge in [0.05, 0.1) is 6.61 Å². The van der Waals surface area contributed by atoms with E-state index in [9.17, 15) is 4.79 Å². The monoisotopic (exact) mass is 264 g/mol. The topological polar surface area (TPSA) is 26.3 Å². The number of rotatable bonds is 6. The molecule has 0 unspecified atom stereocenters. The molecule has 0 spiro atoms. The third-order valence-electron chi connectivity index (χ3n) is 2.39. The Morgan fingerprint density at radius 1 is 1.28 bits per heavy atom. The molecule has 0 amide bonds. The molecule has 2 nitrogen and oxygen atoms in total. The fraction of sp³-hybridized carbons (Fsp3) is 0.400. The van der Waals surface area contributed by atoms with Crippen LogP contribution in [0.15, 0.2) is 30.4 Å². The average Bonchev–Trinajstić information content (AvgIpc) is 2.27. The SMILES string of the molecule is C=C(CSCc1cc(C)cc(C)c1)C(=O)OCC. The van der Waals surface area contributed by atoms with Crippen LogP contribution in [0.5, 0.6) is 0 Å². The van der Waals surface area contributed by atoms with Gasteiger partial charge in [-0.1, -0.05) is 35.9 Å². The fourth-order valence-electron chi connectivity index (χ4n) is 1.74. The van der Waals surface area contributed by atoms with Gasteiger partial charge >= 0.3 is 5.97 Å². The zero-order valence-corrected chi connectivity index (χ0v) is 12.1. The molecule has 0 radical (unpaired) electrons. The van der Waals surface area contributed by atoms with E-state index < -0.39 is 0 Å². The number of carbonyl (C=O) groups is 1. The van der Waals surface area contributed by atoms with Gasteiger partial charge in [-0.3, -0.25) is 0 Å². The molecule has 0 aliphatic heterocycles. The molecule has 0 bridgehead atoms. The number of esters is 1. The lowest BCUT2D eigenvalue weighted by Crippen LogP contribution is -2.08. The molecule has 1 rings (SSSR count). The van der Waals surface area contributed by atoms with Crippen LogP contribution in [-0.2, 0) is 15.3 Å². The summed E-state index contributed by atoms with van der Waals surface area (Å²) in [7, 11) is 0. The van der Waals surface area contributed by atoms with Crippen molar-refractivity contribution in [3.8, 4) is 0 Å². The molecule has 3 heteroatoms. The van der Waals surface area contributed by atoms with Crippen LogP contribution in [-0.4, -0.2) is 18.3 Å². The second-order valence-corrected chi connectivity index (χ2v) is 5.30. The molecule has 0 heterocycles. The third kappa shape index (κ3) is 4.96. The molecule has 0 saturated heterocycles. The van der Waals surface area contributed by atoms with Crippen LogP contribution in [0.4, 0.5) is 0 Å². The minimum Gasteiger partial charge on any atom is -0.463 e. The Bertz CT molecular complexity index is 418. The van der Waals surface area contributed by atoms with Gasteiger partial charge in [0.2, 0.25) is 0 Å². The predicted octanol–water partition coefficient (Wildman–Crippen LogP) is 3.66. The number of hydrogen-bond acceptors (Lipinski definition) is 3. The Balaban J connectivity index is 2.42. The van der Waals surface area contributed by atoms with Crippen LogP contribution in [0.25, 0.3) is 0 Å². The van der Waals surface area contributed by atoms with Gasteiger partial charge in [-0.15, -0.1) is 0 Å². The van der Waals surface area contributed by atoms with Crippen LogP contribution in [0.2, 0.25) is 0 Å². The van der Waals surface area contributed by atoms with Crippen molar-refractivity contribution in [2.24, 2.45) is 0 Å². The smallest absolute Gasteiger partial charge is 0.334 e. The number of ether oxygens (including phenoxy) is 1. The van der Waals surface area contributed by atoms with E-state index in [-0.39, 0.29) is 5.97 Å². The van der Waals surface area contributed by atoms with Crippen molar-refractivity contribution in [3.05, 3.63) is 47.0 Å². The van der Waals surface area contributed by atoms with Gasteiger partial charge in [0, 0.05) is 17.1 Å². The summed E-state index contributed by atoms with van der Waals surface area (Å²) in [4.78, 5) is 11.4. The minimum absolute atomic E-state index is 0.287. The van der Waals surface area contributed by atoms with Crippen LogP contribution >= 0.6 is 11.8 Å². The Morgan fingerprint density at radius 2 is 1.89 bits per heavy atom. The molecule has 0 aromatic heterocycles. The summed E-state index contributed by atoms with van der Waals surface area (Å²) in [5.41, 5.74) is 4.37. The van der Waals surface area contributed by atoms with Crippen LogP contribution in [0.3, 0.4) is 0 Å². The standard InChI is InChI=1S/C15H20O2S/c1-5-17-15(16)13(4)9-18-10-14-7-11(2)6-12(3)8-14/h6-8H,4-5,9-10H2,1-3H3. The zero-order chi connectivity index (χ0) is 13.5. The Hall–Kier alpha value is -1.22. The number of thioether (sulfide) groups is 1. The second-order valence-electron chi connectivity index (χ2n) is 4.31. The number of aryl methyl sites for hydroxylation is 2. The molecule has 18 heavy (non-hydrogen) atoms. The summed E-state index contributed by atoms with van der Waals surface area (Å²) in [6, 6.07) is 6.51. The maximum absolute atomic E-state index is 11.4. The fourth-order valence-corrected chi connectivity index (χ4v) is 2.61. The van der Waals surface area contributed by atoms with Crippen molar-refractivity contribution in [1.82, 2.24) is 0 Å². The summed E-state index contributed by atoms with van der Waals surface area (Å²) < 4.78 is 4.89. The largest absolute Gasteiger partial charge is 0.463 e. The van der Waals surface area contributed by atoms with E-state index in [0.29, 0.717) is 17.9 Å². The molecule has 0 saturated carbocycles. The maximum Gasteiger partial charge on any atom is 0.334 e. The normalized spacial score (nSPS) is 10.2. The van der Waals surface area contributed by atoms with Crippen LogP contribution < -0.4 is 0 Å². The Labute approximate surface area is 113 Å². The highest BCUT2D eigenvalue weighted by molar-refractivity contribution is 7.98. The first-order valence-electron chi connectivity index (χ1n) is 6.02. The predicted molar refractivity (Wildman–Crippen MR) is 77.9 cm³/mol. The molecule has 0 fully saturated rings. The van der Waals surface area contributed by atoms with Crippen molar-refractivity contribution in [2.45, 2.75) is 26.5 Å². The van der Waals surface area contributed by atoms with E-state index in [2.05, 4.69) is 38.6 Å². The maximum atomic E-state index is 11.4. The molecule has 0 atom stereocenters. The van der Waals surface area contributed by atoms with E-state index >= 15 is 0 Å². The van der Waals surface area contributed by atoms with Crippen molar-refractivity contribution >= 4 is 17.7 Å². The third-order valence-corrected chi connectivity index (χ3v) is 3.48. The van der Waals surface area contributed by atoms with Crippen molar-refractivity contribution in [2.75, 3.05) is 12.4 Å². The second kappa shape index (κ2) is 7.27. The highest BCUT2D eigenvalue weighted by Gasteiger charge is 2.07. The summed E-state index contributed by atoms with van der Waals surface area (Å²) >= 11 is 1.69. The molecule has 1 aromatic carbocycles. The Morgan fingerprint density at radius 3 is 2.44 bits per heavy atom. The molecular weight excluding hydrogens is 244 g/mol. The number of carbonyl (C=O) groups excluding carboxylic acids is 1. The van der Waals surface area contributed by atoms with E-state index in [4.69, 9.17) is 4.74 Å². The molecule has 98 valence electrons. The number of benzene rings is 1. The van der Waals surface area contributed by atoms with Crippen molar-refractivity contribution in [1.29, 1.82) is 0 Å². The van der Waals surface area contributed by atoms with Gasteiger partial charge in [-0.2, -0.15) is 11.8 Å². The lowest BCUT2D eigenvalue weighted by atomic mass is 10.1. The molecule has 1 aromatic rings. The van der Waals surface area contributed by atoms with Crippen molar-refractivity contribution in [3.63, 3.8) is 0 Å². The first-order chi connectivity index (χ1) is 8.52. The van der Waals surface area contributed by atoms with Crippen molar-refractivity contribution < 1.29 is 9.53 Å². The average molecular weight is 264 g/mol. The minimum atomic E-state index is -0.287. The highest BCUT2D eigenvalue weighted by Crippen LogP contribution is 2.17. The molecule has 0 N–H and O–H groups in total. The van der Waals surface area contributed by atoms with Gasteiger partial charge in [0.25, 0.3) is 0 Å². The van der Waals surface area contributed by atoms with E-state index in [1.54, 1.807) is 18.7 Å². The molecule has 0 aliphatic carbocycles. The Kier molecular flexibility index (Phi) is 5.99. The summed E-state index contributed by atoms with van der Waals surface area (Å²) in [5, 5.41) is 0. The van der Waals surface area contributed by atoms with E-state index in [1.165, 1.54) is 16.7 Å².